The van der Waals surface area contributed by atoms with E-state index in [9.17, 15) is 4.79 Å². The molecule has 0 aliphatic carbocycles. The number of aromatic nitrogens is 2. The fourth-order valence-corrected chi connectivity index (χ4v) is 3.67. The molecule has 4 rings (SSSR count). The molecule has 0 saturated carbocycles. The van der Waals surface area contributed by atoms with Crippen molar-refractivity contribution < 1.29 is 9.53 Å². The number of pyridine rings is 1. The lowest BCUT2D eigenvalue weighted by Gasteiger charge is -2.10. The third-order valence-electron chi connectivity index (χ3n) is 4.45. The number of thiophene rings is 1. The molecule has 0 aliphatic heterocycles. The van der Waals surface area contributed by atoms with Crippen LogP contribution in [-0.2, 0) is 19.7 Å². The van der Waals surface area contributed by atoms with Gasteiger partial charge in [-0.1, -0.05) is 36.4 Å². The van der Waals surface area contributed by atoms with Gasteiger partial charge in [-0.25, -0.2) is 4.98 Å². The van der Waals surface area contributed by atoms with Crippen molar-refractivity contribution in [3.05, 3.63) is 106 Å². The van der Waals surface area contributed by atoms with Crippen molar-refractivity contribution in [1.82, 2.24) is 14.9 Å². The number of ether oxygens (including phenoxy) is 1. The van der Waals surface area contributed by atoms with Crippen molar-refractivity contribution in [2.24, 2.45) is 0 Å². The van der Waals surface area contributed by atoms with E-state index in [1.807, 2.05) is 76.8 Å². The second-order valence-electron chi connectivity index (χ2n) is 6.56. The molecule has 1 aromatic carbocycles. The Morgan fingerprint density at radius 3 is 2.76 bits per heavy atom. The number of rotatable bonds is 8. The first-order valence-corrected chi connectivity index (χ1v) is 10.2. The van der Waals surface area contributed by atoms with Crippen LogP contribution in [0.5, 0.6) is 5.88 Å². The van der Waals surface area contributed by atoms with E-state index < -0.39 is 0 Å². The van der Waals surface area contributed by atoms with Crippen LogP contribution in [0.15, 0.2) is 84.5 Å². The average molecular weight is 404 g/mol. The molecule has 3 heterocycles. The number of hydrogen-bond donors (Lipinski definition) is 1. The molecule has 0 bridgehead atoms. The molecule has 0 saturated heterocycles. The minimum Gasteiger partial charge on any atom is -0.473 e. The zero-order valence-corrected chi connectivity index (χ0v) is 16.6. The SMILES string of the molecule is O=C(NCc1ccnc(OCc2ccccc2)c1)c1cccn1Cc1cccs1. The number of benzene rings is 1. The first-order chi connectivity index (χ1) is 14.3. The number of nitrogens with zero attached hydrogens (tertiary/aromatic N) is 2. The molecule has 0 spiro atoms. The van der Waals surface area contributed by atoms with E-state index in [4.69, 9.17) is 4.74 Å². The highest BCUT2D eigenvalue weighted by atomic mass is 32.1. The van der Waals surface area contributed by atoms with Gasteiger partial charge >= 0.3 is 0 Å². The van der Waals surface area contributed by atoms with Crippen molar-refractivity contribution in [1.29, 1.82) is 0 Å². The maximum atomic E-state index is 12.6. The van der Waals surface area contributed by atoms with Gasteiger partial charge in [0, 0.05) is 29.9 Å². The predicted octanol–water partition coefficient (Wildman–Crippen LogP) is 4.50. The molecule has 0 unspecified atom stereocenters. The fraction of sp³-hybridized carbons (Fsp3) is 0.130. The van der Waals surface area contributed by atoms with E-state index in [1.165, 1.54) is 4.88 Å². The molecule has 0 radical (unpaired) electrons. The smallest absolute Gasteiger partial charge is 0.268 e. The summed E-state index contributed by atoms with van der Waals surface area (Å²) in [6, 6.07) is 21.5. The Hall–Kier alpha value is -3.38. The Kier molecular flexibility index (Phi) is 6.02. The van der Waals surface area contributed by atoms with Gasteiger partial charge in [-0.15, -0.1) is 11.3 Å². The van der Waals surface area contributed by atoms with E-state index in [0.29, 0.717) is 31.3 Å². The Morgan fingerprint density at radius 2 is 1.93 bits per heavy atom. The van der Waals surface area contributed by atoms with Crippen molar-refractivity contribution in [3.8, 4) is 5.88 Å². The molecule has 0 fully saturated rings. The summed E-state index contributed by atoms with van der Waals surface area (Å²) in [5.41, 5.74) is 2.67. The summed E-state index contributed by atoms with van der Waals surface area (Å²) < 4.78 is 7.72. The Labute approximate surface area is 173 Å². The summed E-state index contributed by atoms with van der Waals surface area (Å²) in [6.45, 7) is 1.56. The molecule has 0 aliphatic rings. The summed E-state index contributed by atoms with van der Waals surface area (Å²) in [5.74, 6) is 0.441. The molecular weight excluding hydrogens is 382 g/mol. The maximum absolute atomic E-state index is 12.6. The van der Waals surface area contributed by atoms with Crippen molar-refractivity contribution >= 4 is 17.2 Å². The molecule has 146 valence electrons. The van der Waals surface area contributed by atoms with Gasteiger partial charge in [-0.3, -0.25) is 4.79 Å². The molecule has 0 atom stereocenters. The minimum absolute atomic E-state index is 0.102. The normalized spacial score (nSPS) is 10.6. The van der Waals surface area contributed by atoms with Gasteiger partial charge in [0.2, 0.25) is 5.88 Å². The summed E-state index contributed by atoms with van der Waals surface area (Å²) in [5, 5.41) is 5.02. The summed E-state index contributed by atoms with van der Waals surface area (Å²) in [6.07, 6.45) is 3.62. The van der Waals surface area contributed by atoms with Gasteiger partial charge in [0.1, 0.15) is 12.3 Å². The quantitative estimate of drug-likeness (QED) is 0.471. The van der Waals surface area contributed by atoms with Crippen molar-refractivity contribution in [2.45, 2.75) is 19.7 Å². The topological polar surface area (TPSA) is 56.1 Å². The zero-order chi connectivity index (χ0) is 19.9. The lowest BCUT2D eigenvalue weighted by molar-refractivity contribution is 0.0942. The fourth-order valence-electron chi connectivity index (χ4n) is 2.97. The van der Waals surface area contributed by atoms with Crippen LogP contribution in [0.2, 0.25) is 0 Å². The second kappa shape index (κ2) is 9.21. The first-order valence-electron chi connectivity index (χ1n) is 9.35. The standard InChI is InChI=1S/C23H21N3O2S/c27-23(21-9-4-12-26(21)16-20-8-5-13-29-20)25-15-19-10-11-24-22(14-19)28-17-18-6-2-1-3-7-18/h1-14H,15-17H2,(H,25,27). The first kappa shape index (κ1) is 19.0. The monoisotopic (exact) mass is 403 g/mol. The molecule has 29 heavy (non-hydrogen) atoms. The van der Waals surface area contributed by atoms with Gasteiger partial charge in [-0.05, 0) is 40.8 Å². The number of carbonyl (C=O) groups excluding carboxylic acids is 1. The Morgan fingerprint density at radius 1 is 1.03 bits per heavy atom. The third kappa shape index (κ3) is 5.12. The number of carbonyl (C=O) groups is 1. The maximum Gasteiger partial charge on any atom is 0.268 e. The molecule has 1 amide bonds. The molecule has 6 heteroatoms. The highest BCUT2D eigenvalue weighted by Gasteiger charge is 2.11. The van der Waals surface area contributed by atoms with Crippen LogP contribution in [0, 0.1) is 0 Å². The van der Waals surface area contributed by atoms with Crippen LogP contribution in [-0.4, -0.2) is 15.5 Å². The van der Waals surface area contributed by atoms with E-state index in [2.05, 4.69) is 16.4 Å². The lowest BCUT2D eigenvalue weighted by atomic mass is 10.2. The van der Waals surface area contributed by atoms with Crippen LogP contribution < -0.4 is 10.1 Å². The lowest BCUT2D eigenvalue weighted by Crippen LogP contribution is -2.25. The van der Waals surface area contributed by atoms with Gasteiger partial charge in [-0.2, -0.15) is 0 Å². The Bertz CT molecular complexity index is 1060. The van der Waals surface area contributed by atoms with E-state index in [1.54, 1.807) is 17.5 Å². The Balaban J connectivity index is 1.34. The van der Waals surface area contributed by atoms with E-state index >= 15 is 0 Å². The molecule has 5 nitrogen and oxygen atoms in total. The minimum atomic E-state index is -0.102. The highest BCUT2D eigenvalue weighted by molar-refractivity contribution is 7.09. The molecule has 3 aromatic heterocycles. The average Bonchev–Trinajstić information content (AvgIpc) is 3.44. The van der Waals surface area contributed by atoms with Crippen molar-refractivity contribution in [3.63, 3.8) is 0 Å². The summed E-state index contributed by atoms with van der Waals surface area (Å²) in [7, 11) is 0. The molecule has 1 N–H and O–H groups in total. The van der Waals surface area contributed by atoms with E-state index in [0.717, 1.165) is 11.1 Å². The van der Waals surface area contributed by atoms with E-state index in [-0.39, 0.29) is 5.91 Å². The van der Waals surface area contributed by atoms with Gasteiger partial charge in [0.15, 0.2) is 0 Å². The molecular formula is C23H21N3O2S. The van der Waals surface area contributed by atoms with Crippen LogP contribution in [0.1, 0.15) is 26.5 Å². The van der Waals surface area contributed by atoms with Crippen LogP contribution in [0.3, 0.4) is 0 Å². The number of hydrogen-bond acceptors (Lipinski definition) is 4. The highest BCUT2D eigenvalue weighted by Crippen LogP contribution is 2.14. The zero-order valence-electron chi connectivity index (χ0n) is 15.8. The number of nitrogens with one attached hydrogen (secondary N) is 1. The summed E-state index contributed by atoms with van der Waals surface area (Å²) in [4.78, 5) is 18.1. The van der Waals surface area contributed by atoms with Crippen molar-refractivity contribution in [2.75, 3.05) is 0 Å². The van der Waals surface area contributed by atoms with Gasteiger partial charge < -0.3 is 14.6 Å². The van der Waals surface area contributed by atoms with Gasteiger partial charge in [0.25, 0.3) is 5.91 Å². The van der Waals surface area contributed by atoms with Crippen LogP contribution >= 0.6 is 11.3 Å². The third-order valence-corrected chi connectivity index (χ3v) is 5.31. The number of amides is 1. The predicted molar refractivity (Wildman–Crippen MR) is 114 cm³/mol. The van der Waals surface area contributed by atoms with Gasteiger partial charge in [0.05, 0.1) is 6.54 Å². The molecule has 4 aromatic rings. The summed E-state index contributed by atoms with van der Waals surface area (Å²) >= 11 is 1.68. The van der Waals surface area contributed by atoms with Crippen LogP contribution in [0.4, 0.5) is 0 Å². The largest absolute Gasteiger partial charge is 0.473 e. The van der Waals surface area contributed by atoms with Crippen LogP contribution in [0.25, 0.3) is 0 Å². The second-order valence-corrected chi connectivity index (χ2v) is 7.59.